The molecule has 202 valence electrons. The summed E-state index contributed by atoms with van der Waals surface area (Å²) in [6.45, 7) is 1.21. The van der Waals surface area contributed by atoms with E-state index in [1.54, 1.807) is 0 Å². The van der Waals surface area contributed by atoms with Gasteiger partial charge in [0.1, 0.15) is 24.1 Å². The van der Waals surface area contributed by atoms with Gasteiger partial charge in [0.25, 0.3) is 0 Å². The molecule has 4 aromatic rings. The van der Waals surface area contributed by atoms with E-state index in [4.69, 9.17) is 23.7 Å². The zero-order chi connectivity index (χ0) is 26.7. The molecule has 1 N–H and O–H groups in total. The Balaban J connectivity index is 1.36. The molecular weight excluding hydrogens is 492 g/mol. The first kappa shape index (κ1) is 27.1. The molecule has 1 aliphatic rings. The number of ether oxygens (including phenoxy) is 5. The van der Waals surface area contributed by atoms with E-state index >= 15 is 0 Å². The summed E-state index contributed by atoms with van der Waals surface area (Å²) in [5.41, 5.74) is 3.05. The van der Waals surface area contributed by atoms with Gasteiger partial charge in [-0.3, -0.25) is 0 Å². The largest absolute Gasteiger partial charge is 0.485 e. The summed E-state index contributed by atoms with van der Waals surface area (Å²) in [5.74, 6) is 0.627. The Kier molecular flexibility index (Phi) is 9.74. The van der Waals surface area contributed by atoms with E-state index in [-0.39, 0.29) is 6.61 Å². The van der Waals surface area contributed by atoms with Crippen molar-refractivity contribution in [1.29, 1.82) is 0 Å². The summed E-state index contributed by atoms with van der Waals surface area (Å²) >= 11 is 0. The first-order valence-electron chi connectivity index (χ1n) is 13.2. The molecule has 39 heavy (non-hydrogen) atoms. The summed E-state index contributed by atoms with van der Waals surface area (Å²) in [4.78, 5) is 0. The Hall–Kier alpha value is -3.52. The first-order chi connectivity index (χ1) is 19.3. The van der Waals surface area contributed by atoms with Crippen molar-refractivity contribution in [2.45, 2.75) is 50.5 Å². The number of aliphatic hydroxyl groups is 1. The zero-order valence-corrected chi connectivity index (χ0v) is 21.8. The highest BCUT2D eigenvalue weighted by molar-refractivity contribution is 5.22. The van der Waals surface area contributed by atoms with E-state index in [2.05, 4.69) is 0 Å². The first-order valence-corrected chi connectivity index (χ1v) is 13.2. The van der Waals surface area contributed by atoms with Gasteiger partial charge < -0.3 is 28.8 Å². The average Bonchev–Trinajstić information content (AvgIpc) is 2.99. The minimum atomic E-state index is -1.02. The van der Waals surface area contributed by atoms with Crippen LogP contribution >= 0.6 is 0 Å². The van der Waals surface area contributed by atoms with Crippen molar-refractivity contribution in [2.24, 2.45) is 0 Å². The lowest BCUT2D eigenvalue weighted by Crippen LogP contribution is -2.62. The normalized spacial score (nSPS) is 22.8. The van der Waals surface area contributed by atoms with E-state index < -0.39 is 30.7 Å². The Labute approximate surface area is 229 Å². The molecule has 0 bridgehead atoms. The lowest BCUT2D eigenvalue weighted by molar-refractivity contribution is -0.312. The third-order valence-corrected chi connectivity index (χ3v) is 6.57. The third-order valence-electron chi connectivity index (χ3n) is 6.57. The van der Waals surface area contributed by atoms with Crippen LogP contribution in [0.2, 0.25) is 0 Å². The van der Waals surface area contributed by atoms with Gasteiger partial charge in [-0.2, -0.15) is 0 Å². The van der Waals surface area contributed by atoms with Crippen molar-refractivity contribution in [2.75, 3.05) is 6.61 Å². The third kappa shape index (κ3) is 7.76. The van der Waals surface area contributed by atoms with Crippen molar-refractivity contribution >= 4 is 0 Å². The number of hydrogen-bond acceptors (Lipinski definition) is 6. The SMILES string of the molecule is O[C@H]1C(COCc2ccccc2)O[C@H](OCc2ccccc2)C(OCc2ccccc2)C1Oc1ccccc1. The quantitative estimate of drug-likeness (QED) is 0.262. The Bertz CT molecular complexity index is 1220. The summed E-state index contributed by atoms with van der Waals surface area (Å²) in [6.07, 6.45) is -3.94. The van der Waals surface area contributed by atoms with Crippen molar-refractivity contribution < 1.29 is 28.8 Å². The van der Waals surface area contributed by atoms with E-state index in [1.165, 1.54) is 0 Å². The van der Waals surface area contributed by atoms with Gasteiger partial charge in [0, 0.05) is 0 Å². The van der Waals surface area contributed by atoms with E-state index in [0.717, 1.165) is 16.7 Å². The van der Waals surface area contributed by atoms with Gasteiger partial charge in [0.2, 0.25) is 0 Å². The lowest BCUT2D eigenvalue weighted by Gasteiger charge is -2.44. The summed E-state index contributed by atoms with van der Waals surface area (Å²) in [5, 5.41) is 11.5. The standard InChI is InChI=1S/C33H34O6/c34-30-29(24-35-21-25-13-5-1-6-14-25)39-33(37-23-27-17-9-3-10-18-27)32(36-22-26-15-7-2-8-16-26)31(30)38-28-19-11-4-12-20-28/h1-20,29-34H,21-24H2/t29?,30-,31?,32?,33-/m0/s1. The molecule has 4 aromatic carbocycles. The Morgan fingerprint density at radius 1 is 0.564 bits per heavy atom. The smallest absolute Gasteiger partial charge is 0.188 e. The molecule has 1 saturated heterocycles. The summed E-state index contributed by atoms with van der Waals surface area (Å²) < 4.78 is 31.3. The zero-order valence-electron chi connectivity index (χ0n) is 21.8. The van der Waals surface area contributed by atoms with E-state index in [9.17, 15) is 5.11 Å². The van der Waals surface area contributed by atoms with Crippen molar-refractivity contribution in [3.05, 3.63) is 138 Å². The van der Waals surface area contributed by atoms with Crippen LogP contribution in [-0.2, 0) is 38.8 Å². The molecular formula is C33H34O6. The van der Waals surface area contributed by atoms with Crippen LogP contribution in [0, 0.1) is 0 Å². The topological polar surface area (TPSA) is 66.4 Å². The maximum absolute atomic E-state index is 11.5. The highest BCUT2D eigenvalue weighted by atomic mass is 16.7. The highest BCUT2D eigenvalue weighted by Crippen LogP contribution is 2.30. The fraction of sp³-hybridized carbons (Fsp3) is 0.273. The van der Waals surface area contributed by atoms with Crippen LogP contribution in [0.4, 0.5) is 0 Å². The minimum absolute atomic E-state index is 0.168. The van der Waals surface area contributed by atoms with Crippen LogP contribution in [-0.4, -0.2) is 42.4 Å². The Morgan fingerprint density at radius 3 is 1.62 bits per heavy atom. The fourth-order valence-electron chi connectivity index (χ4n) is 4.52. The maximum atomic E-state index is 11.5. The van der Waals surface area contributed by atoms with Crippen LogP contribution in [0.15, 0.2) is 121 Å². The molecule has 1 fully saturated rings. The molecule has 1 aliphatic heterocycles. The molecule has 0 spiro atoms. The van der Waals surface area contributed by atoms with Crippen molar-refractivity contribution in [3.8, 4) is 5.75 Å². The summed E-state index contributed by atoms with van der Waals surface area (Å²) in [6, 6.07) is 39.1. The van der Waals surface area contributed by atoms with Gasteiger partial charge in [-0.15, -0.1) is 0 Å². The molecule has 1 heterocycles. The fourth-order valence-corrected chi connectivity index (χ4v) is 4.52. The molecule has 0 aromatic heterocycles. The number of aliphatic hydroxyl groups excluding tert-OH is 1. The molecule has 5 atom stereocenters. The van der Waals surface area contributed by atoms with Crippen LogP contribution < -0.4 is 4.74 Å². The predicted octanol–water partition coefficient (Wildman–Crippen LogP) is 5.54. The second-order valence-electron chi connectivity index (χ2n) is 9.49. The number of hydrogen-bond donors (Lipinski definition) is 1. The molecule has 0 saturated carbocycles. The monoisotopic (exact) mass is 526 g/mol. The van der Waals surface area contributed by atoms with Gasteiger partial charge in [-0.1, -0.05) is 109 Å². The van der Waals surface area contributed by atoms with Crippen LogP contribution in [0.1, 0.15) is 16.7 Å². The molecule has 6 nitrogen and oxygen atoms in total. The van der Waals surface area contributed by atoms with Crippen LogP contribution in [0.5, 0.6) is 5.75 Å². The molecule has 6 heteroatoms. The minimum Gasteiger partial charge on any atom is -0.485 e. The van der Waals surface area contributed by atoms with Gasteiger partial charge in [0.15, 0.2) is 12.4 Å². The maximum Gasteiger partial charge on any atom is 0.188 e. The number of para-hydroxylation sites is 1. The average molecular weight is 527 g/mol. The predicted molar refractivity (Wildman–Crippen MR) is 148 cm³/mol. The number of benzene rings is 4. The van der Waals surface area contributed by atoms with Crippen LogP contribution in [0.25, 0.3) is 0 Å². The lowest BCUT2D eigenvalue weighted by atomic mass is 9.98. The van der Waals surface area contributed by atoms with Gasteiger partial charge in [0.05, 0.1) is 26.4 Å². The Morgan fingerprint density at radius 2 is 1.05 bits per heavy atom. The molecule has 5 rings (SSSR count). The second-order valence-corrected chi connectivity index (χ2v) is 9.49. The highest BCUT2D eigenvalue weighted by Gasteiger charge is 2.48. The van der Waals surface area contributed by atoms with Crippen molar-refractivity contribution in [3.63, 3.8) is 0 Å². The van der Waals surface area contributed by atoms with E-state index in [1.807, 2.05) is 121 Å². The van der Waals surface area contributed by atoms with E-state index in [0.29, 0.717) is 25.6 Å². The molecule has 0 aliphatic carbocycles. The van der Waals surface area contributed by atoms with Crippen LogP contribution in [0.3, 0.4) is 0 Å². The van der Waals surface area contributed by atoms with Gasteiger partial charge >= 0.3 is 0 Å². The van der Waals surface area contributed by atoms with Crippen molar-refractivity contribution in [1.82, 2.24) is 0 Å². The molecule has 3 unspecified atom stereocenters. The van der Waals surface area contributed by atoms with Gasteiger partial charge in [-0.05, 0) is 28.8 Å². The summed E-state index contributed by atoms with van der Waals surface area (Å²) in [7, 11) is 0. The molecule has 0 radical (unpaired) electrons. The second kappa shape index (κ2) is 14.0. The number of rotatable bonds is 12. The van der Waals surface area contributed by atoms with Gasteiger partial charge in [-0.25, -0.2) is 0 Å². The molecule has 0 amide bonds.